The molecule has 2 unspecified atom stereocenters. The van der Waals surface area contributed by atoms with Crippen molar-refractivity contribution in [3.63, 3.8) is 0 Å². The standard InChI is InChI=1S/C18H24F3N3O4S/c1-13-4-2-9-23(11-13)29(27,28)15-6-7-16(17(10-15)24(25)26)22-8-3-5-14(12-22)18(19,20)21/h6-7,10,13-14H,2-5,8-9,11-12H2,1H3. The number of nitro groups is 1. The molecule has 2 aliphatic rings. The van der Waals surface area contributed by atoms with Crippen LogP contribution in [0.1, 0.15) is 32.6 Å². The van der Waals surface area contributed by atoms with Gasteiger partial charge in [-0.25, -0.2) is 8.42 Å². The fourth-order valence-electron chi connectivity index (χ4n) is 4.05. The van der Waals surface area contributed by atoms with E-state index >= 15 is 0 Å². The van der Waals surface area contributed by atoms with E-state index in [-0.39, 0.29) is 42.4 Å². The Hall–Kier alpha value is -1.88. The number of sulfonamides is 1. The summed E-state index contributed by atoms with van der Waals surface area (Å²) >= 11 is 0. The van der Waals surface area contributed by atoms with Gasteiger partial charge in [-0.1, -0.05) is 6.92 Å². The third kappa shape index (κ3) is 4.66. The second kappa shape index (κ2) is 8.10. The molecule has 0 bridgehead atoms. The fourth-order valence-corrected chi connectivity index (χ4v) is 5.67. The number of piperidine rings is 2. The SMILES string of the molecule is CC1CCCN(S(=O)(=O)c2ccc(N3CCCC(C(F)(F)F)C3)c([N+](=O)[O-])c2)C1. The Balaban J connectivity index is 1.92. The lowest BCUT2D eigenvalue weighted by Gasteiger charge is -2.35. The summed E-state index contributed by atoms with van der Waals surface area (Å²) in [7, 11) is -3.90. The Bertz CT molecular complexity index is 876. The van der Waals surface area contributed by atoms with Gasteiger partial charge in [-0.15, -0.1) is 0 Å². The van der Waals surface area contributed by atoms with Crippen LogP contribution in [0, 0.1) is 22.0 Å². The molecular weight excluding hydrogens is 411 g/mol. The van der Waals surface area contributed by atoms with Gasteiger partial charge in [0.05, 0.1) is 15.7 Å². The van der Waals surface area contributed by atoms with Crippen molar-refractivity contribution in [2.75, 3.05) is 31.1 Å². The molecule has 1 aromatic carbocycles. The van der Waals surface area contributed by atoms with Gasteiger partial charge in [0, 0.05) is 32.2 Å². The van der Waals surface area contributed by atoms with Crippen molar-refractivity contribution in [2.45, 2.75) is 43.7 Å². The van der Waals surface area contributed by atoms with Crippen LogP contribution in [0.4, 0.5) is 24.5 Å². The van der Waals surface area contributed by atoms with Gasteiger partial charge in [-0.3, -0.25) is 10.1 Å². The maximum Gasteiger partial charge on any atom is 0.393 e. The summed E-state index contributed by atoms with van der Waals surface area (Å²) in [6, 6.07) is 3.49. The Labute approximate surface area is 167 Å². The Morgan fingerprint density at radius 3 is 2.45 bits per heavy atom. The summed E-state index contributed by atoms with van der Waals surface area (Å²) in [5.74, 6) is -1.37. The van der Waals surface area contributed by atoms with Gasteiger partial charge >= 0.3 is 6.18 Å². The lowest BCUT2D eigenvalue weighted by atomic mass is 9.97. The van der Waals surface area contributed by atoms with Crippen molar-refractivity contribution >= 4 is 21.4 Å². The minimum absolute atomic E-state index is 0.0204. The van der Waals surface area contributed by atoms with Crippen LogP contribution >= 0.6 is 0 Å². The molecule has 2 saturated heterocycles. The first-order chi connectivity index (χ1) is 13.5. The number of benzene rings is 1. The maximum absolute atomic E-state index is 13.1. The highest BCUT2D eigenvalue weighted by atomic mass is 32.2. The third-order valence-corrected chi connectivity index (χ3v) is 7.49. The molecule has 0 N–H and O–H groups in total. The zero-order valence-electron chi connectivity index (χ0n) is 16.1. The zero-order chi connectivity index (χ0) is 21.4. The van der Waals surface area contributed by atoms with Crippen molar-refractivity contribution in [1.29, 1.82) is 0 Å². The van der Waals surface area contributed by atoms with Crippen molar-refractivity contribution in [2.24, 2.45) is 11.8 Å². The molecule has 0 radical (unpaired) electrons. The largest absolute Gasteiger partial charge is 0.393 e. The molecule has 2 atom stereocenters. The van der Waals surface area contributed by atoms with Gasteiger partial charge in [0.15, 0.2) is 0 Å². The molecule has 0 amide bonds. The molecule has 2 heterocycles. The number of rotatable bonds is 4. The topological polar surface area (TPSA) is 83.8 Å². The van der Waals surface area contributed by atoms with Gasteiger partial charge in [0.1, 0.15) is 5.69 Å². The first-order valence-corrected chi connectivity index (χ1v) is 11.0. The van der Waals surface area contributed by atoms with Gasteiger partial charge in [-0.05, 0) is 43.7 Å². The second-order valence-corrected chi connectivity index (χ2v) is 9.78. The van der Waals surface area contributed by atoms with E-state index in [1.165, 1.54) is 21.3 Å². The molecule has 11 heteroatoms. The van der Waals surface area contributed by atoms with E-state index in [1.54, 1.807) is 0 Å². The highest BCUT2D eigenvalue weighted by Crippen LogP contribution is 2.38. The Morgan fingerprint density at radius 2 is 1.83 bits per heavy atom. The lowest BCUT2D eigenvalue weighted by molar-refractivity contribution is -0.384. The van der Waals surface area contributed by atoms with Crippen LogP contribution in [0.25, 0.3) is 0 Å². The van der Waals surface area contributed by atoms with Gasteiger partial charge in [-0.2, -0.15) is 17.5 Å². The number of nitro benzene ring substituents is 1. The van der Waals surface area contributed by atoms with E-state index in [4.69, 9.17) is 0 Å². The number of halogens is 3. The van der Waals surface area contributed by atoms with Crippen LogP contribution in [-0.2, 0) is 10.0 Å². The highest BCUT2D eigenvalue weighted by molar-refractivity contribution is 7.89. The number of hydrogen-bond acceptors (Lipinski definition) is 5. The summed E-state index contributed by atoms with van der Waals surface area (Å²) in [5.41, 5.74) is -0.464. The first-order valence-electron chi connectivity index (χ1n) is 9.60. The predicted molar refractivity (Wildman–Crippen MR) is 101 cm³/mol. The number of hydrogen-bond donors (Lipinski definition) is 0. The smallest absolute Gasteiger partial charge is 0.365 e. The summed E-state index contributed by atoms with van der Waals surface area (Å²) in [6.45, 7) is 2.52. The molecule has 7 nitrogen and oxygen atoms in total. The molecular formula is C18H24F3N3O4S. The zero-order valence-corrected chi connectivity index (χ0v) is 16.9. The third-order valence-electron chi connectivity index (χ3n) is 5.63. The molecule has 2 fully saturated rings. The number of nitrogens with zero attached hydrogens (tertiary/aromatic N) is 3. The predicted octanol–water partition coefficient (Wildman–Crippen LogP) is 3.79. The molecule has 0 aliphatic carbocycles. The summed E-state index contributed by atoms with van der Waals surface area (Å²) in [4.78, 5) is 12.0. The van der Waals surface area contributed by atoms with Crippen molar-refractivity contribution in [3.8, 4) is 0 Å². The second-order valence-electron chi connectivity index (χ2n) is 7.84. The fraction of sp³-hybridized carbons (Fsp3) is 0.667. The molecule has 0 saturated carbocycles. The summed E-state index contributed by atoms with van der Waals surface area (Å²) < 4.78 is 66.5. The van der Waals surface area contributed by atoms with Crippen molar-refractivity contribution < 1.29 is 26.5 Å². The lowest BCUT2D eigenvalue weighted by Crippen LogP contribution is -2.42. The average molecular weight is 435 g/mol. The first kappa shape index (κ1) is 21.8. The molecule has 162 valence electrons. The van der Waals surface area contributed by atoms with Crippen molar-refractivity contribution in [3.05, 3.63) is 28.3 Å². The minimum atomic E-state index is -4.37. The van der Waals surface area contributed by atoms with E-state index in [2.05, 4.69) is 0 Å². The summed E-state index contributed by atoms with van der Waals surface area (Å²) in [6.07, 6.45) is -2.50. The van der Waals surface area contributed by atoms with Crippen LogP contribution in [0.5, 0.6) is 0 Å². The number of alkyl halides is 3. The molecule has 1 aromatic rings. The van der Waals surface area contributed by atoms with E-state index in [1.807, 2.05) is 6.92 Å². The normalized spacial score (nSPS) is 24.5. The summed E-state index contributed by atoms with van der Waals surface area (Å²) in [5, 5.41) is 11.6. The van der Waals surface area contributed by atoms with Crippen LogP contribution in [0.15, 0.2) is 23.1 Å². The molecule has 2 aliphatic heterocycles. The van der Waals surface area contributed by atoms with Crippen LogP contribution in [-0.4, -0.2) is 50.0 Å². The van der Waals surface area contributed by atoms with E-state index in [0.29, 0.717) is 19.5 Å². The average Bonchev–Trinajstić information content (AvgIpc) is 2.67. The maximum atomic E-state index is 13.1. The molecule has 3 rings (SSSR count). The molecule has 0 spiro atoms. The van der Waals surface area contributed by atoms with E-state index in [9.17, 15) is 31.7 Å². The van der Waals surface area contributed by atoms with Gasteiger partial charge in [0.25, 0.3) is 5.69 Å². The van der Waals surface area contributed by atoms with Gasteiger partial charge in [0.2, 0.25) is 10.0 Å². The van der Waals surface area contributed by atoms with E-state index in [0.717, 1.165) is 12.5 Å². The Kier molecular flexibility index (Phi) is 6.09. The van der Waals surface area contributed by atoms with Crippen LogP contribution in [0.2, 0.25) is 0 Å². The van der Waals surface area contributed by atoms with Crippen LogP contribution in [0.3, 0.4) is 0 Å². The molecule has 0 aromatic heterocycles. The minimum Gasteiger partial charge on any atom is -0.365 e. The van der Waals surface area contributed by atoms with Crippen LogP contribution < -0.4 is 4.90 Å². The Morgan fingerprint density at radius 1 is 1.14 bits per heavy atom. The monoisotopic (exact) mass is 435 g/mol. The highest BCUT2D eigenvalue weighted by Gasteiger charge is 2.42. The van der Waals surface area contributed by atoms with Gasteiger partial charge < -0.3 is 4.90 Å². The molecule has 29 heavy (non-hydrogen) atoms. The quantitative estimate of drug-likeness (QED) is 0.531. The van der Waals surface area contributed by atoms with Crippen molar-refractivity contribution in [1.82, 2.24) is 4.31 Å². The van der Waals surface area contributed by atoms with E-state index < -0.39 is 32.7 Å². The number of anilines is 1.